The molecule has 1 saturated heterocycles. The van der Waals surface area contributed by atoms with Crippen molar-refractivity contribution in [3.8, 4) is 11.5 Å². The molecule has 2 aromatic rings. The van der Waals surface area contributed by atoms with E-state index in [1.54, 1.807) is 0 Å². The van der Waals surface area contributed by atoms with Gasteiger partial charge < -0.3 is 29.8 Å². The molecule has 38 heavy (non-hydrogen) atoms. The molecule has 2 aliphatic rings. The van der Waals surface area contributed by atoms with Gasteiger partial charge in [0, 0.05) is 50.5 Å². The third-order valence-electron chi connectivity index (χ3n) is 7.96. The zero-order valence-corrected chi connectivity index (χ0v) is 22.7. The largest absolute Gasteiger partial charge is 0.481 e. The molecule has 1 aromatic carbocycles. The number of carbonyl (C=O) groups is 2. The van der Waals surface area contributed by atoms with E-state index in [2.05, 4.69) is 22.5 Å². The number of benzene rings is 1. The van der Waals surface area contributed by atoms with Crippen molar-refractivity contribution in [1.82, 2.24) is 14.4 Å². The van der Waals surface area contributed by atoms with Gasteiger partial charge in [0.25, 0.3) is 0 Å². The van der Waals surface area contributed by atoms with Gasteiger partial charge in [-0.1, -0.05) is 19.4 Å². The van der Waals surface area contributed by atoms with Crippen molar-refractivity contribution < 1.29 is 24.2 Å². The van der Waals surface area contributed by atoms with Crippen molar-refractivity contribution in [2.45, 2.75) is 57.4 Å². The molecule has 4 rings (SSSR count). The van der Waals surface area contributed by atoms with Gasteiger partial charge in [0.05, 0.1) is 12.5 Å². The predicted molar refractivity (Wildman–Crippen MR) is 145 cm³/mol. The molecule has 9 heteroatoms. The number of rotatable bonds is 14. The van der Waals surface area contributed by atoms with Gasteiger partial charge in [-0.2, -0.15) is 0 Å². The maximum atomic E-state index is 13.6. The molecule has 0 bridgehead atoms. The van der Waals surface area contributed by atoms with Crippen LogP contribution in [0.3, 0.4) is 0 Å². The first-order valence-corrected chi connectivity index (χ1v) is 13.9. The second-order valence-electron chi connectivity index (χ2n) is 10.5. The number of amides is 1. The first kappa shape index (κ1) is 28.0. The predicted octanol–water partition coefficient (Wildman–Crippen LogP) is 3.22. The Bertz CT molecular complexity index is 1090. The molecule has 208 valence electrons. The summed E-state index contributed by atoms with van der Waals surface area (Å²) < 4.78 is 13.1. The molecule has 9 nitrogen and oxygen atoms in total. The lowest BCUT2D eigenvalue weighted by molar-refractivity contribution is -0.143. The molecule has 1 aromatic heterocycles. The van der Waals surface area contributed by atoms with Crippen LogP contribution in [0.5, 0.6) is 11.5 Å². The fraction of sp³-hybridized carbons (Fsp3) is 0.586. The highest BCUT2D eigenvalue weighted by molar-refractivity contribution is 5.79. The minimum absolute atomic E-state index is 0.0646. The van der Waals surface area contributed by atoms with Gasteiger partial charge in [0.1, 0.15) is 0 Å². The summed E-state index contributed by atoms with van der Waals surface area (Å²) in [6.45, 7) is 5.03. The van der Waals surface area contributed by atoms with Crippen LogP contribution in [-0.4, -0.2) is 76.9 Å². The molecule has 1 fully saturated rings. The lowest BCUT2D eigenvalue weighted by Crippen LogP contribution is -2.45. The van der Waals surface area contributed by atoms with Crippen LogP contribution in [-0.2, 0) is 23.1 Å². The zero-order chi connectivity index (χ0) is 27.1. The van der Waals surface area contributed by atoms with Crippen LogP contribution in [0, 0.1) is 5.92 Å². The normalized spacial score (nSPS) is 20.7. The lowest BCUT2D eigenvalue weighted by atomic mass is 9.83. The average Bonchev–Trinajstić information content (AvgIpc) is 3.62. The first-order valence-electron chi connectivity index (χ1n) is 13.9. The molecule has 0 spiro atoms. The number of aryl methyl sites for hydroxylation is 2. The number of carbonyl (C=O) groups excluding carboxylic acids is 1. The maximum Gasteiger partial charge on any atom is 0.308 e. The van der Waals surface area contributed by atoms with Crippen LogP contribution < -0.4 is 15.2 Å². The summed E-state index contributed by atoms with van der Waals surface area (Å²) in [7, 11) is 2.00. The summed E-state index contributed by atoms with van der Waals surface area (Å²) in [5.74, 6) is -0.332. The van der Waals surface area contributed by atoms with Crippen molar-refractivity contribution in [2.24, 2.45) is 18.7 Å². The van der Waals surface area contributed by atoms with E-state index >= 15 is 0 Å². The third-order valence-corrected chi connectivity index (χ3v) is 7.96. The molecule has 0 saturated carbocycles. The molecule has 1 amide bonds. The quantitative estimate of drug-likeness (QED) is 0.364. The number of nitrogens with two attached hydrogens (primary N) is 1. The fourth-order valence-electron chi connectivity index (χ4n) is 5.82. The van der Waals surface area contributed by atoms with Gasteiger partial charge >= 0.3 is 5.97 Å². The average molecular weight is 527 g/mol. The van der Waals surface area contributed by atoms with Crippen LogP contribution in [0.25, 0.3) is 0 Å². The number of hydrogen-bond acceptors (Lipinski definition) is 6. The van der Waals surface area contributed by atoms with Crippen molar-refractivity contribution in [2.75, 3.05) is 39.5 Å². The van der Waals surface area contributed by atoms with Crippen molar-refractivity contribution in [3.05, 3.63) is 47.8 Å². The highest BCUT2D eigenvalue weighted by atomic mass is 16.7. The van der Waals surface area contributed by atoms with Crippen LogP contribution in [0.2, 0.25) is 0 Å². The first-order chi connectivity index (χ1) is 18.4. The van der Waals surface area contributed by atoms with Crippen LogP contribution >= 0.6 is 0 Å². The monoisotopic (exact) mass is 526 g/mol. The molecular formula is C29H42N4O5. The van der Waals surface area contributed by atoms with Gasteiger partial charge in [-0.05, 0) is 68.5 Å². The molecule has 0 aliphatic carbocycles. The van der Waals surface area contributed by atoms with Gasteiger partial charge in [-0.3, -0.25) is 14.5 Å². The number of carboxylic acids is 1. The summed E-state index contributed by atoms with van der Waals surface area (Å²) in [5.41, 5.74) is 7.75. The molecule has 3 N–H and O–H groups in total. The van der Waals surface area contributed by atoms with E-state index in [0.717, 1.165) is 49.9 Å². The SMILES string of the molecule is CCCCN(CCCCN)C(=O)CN1C[C@H](c2ccc3c(c2)OCO3)[C@@H](C(=O)O)[C@@H]1CCc1cccn1C. The van der Waals surface area contributed by atoms with E-state index in [1.165, 1.54) is 0 Å². The number of fused-ring (bicyclic) bond motifs is 1. The Labute approximate surface area is 225 Å². The Hall–Kier alpha value is -3.04. The van der Waals surface area contributed by atoms with E-state index in [9.17, 15) is 14.7 Å². The Morgan fingerprint density at radius 3 is 2.63 bits per heavy atom. The van der Waals surface area contributed by atoms with Gasteiger partial charge in [-0.25, -0.2) is 0 Å². The van der Waals surface area contributed by atoms with Crippen molar-refractivity contribution >= 4 is 11.9 Å². The van der Waals surface area contributed by atoms with Crippen LogP contribution in [0.4, 0.5) is 0 Å². The molecule has 3 heterocycles. The number of unbranched alkanes of at least 4 members (excludes halogenated alkanes) is 2. The maximum absolute atomic E-state index is 13.6. The number of ether oxygens (including phenoxy) is 2. The Morgan fingerprint density at radius 1 is 1.13 bits per heavy atom. The van der Waals surface area contributed by atoms with E-state index in [4.69, 9.17) is 15.2 Å². The number of carboxylic acid groups (broad SMARTS) is 1. The number of hydrogen-bond donors (Lipinski definition) is 2. The Kier molecular flexibility index (Phi) is 9.69. The van der Waals surface area contributed by atoms with E-state index in [0.29, 0.717) is 37.6 Å². The van der Waals surface area contributed by atoms with Gasteiger partial charge in [0.15, 0.2) is 11.5 Å². The summed E-state index contributed by atoms with van der Waals surface area (Å²) in [6, 6.07) is 9.50. The number of aliphatic carboxylic acids is 1. The zero-order valence-electron chi connectivity index (χ0n) is 22.7. The second-order valence-corrected chi connectivity index (χ2v) is 10.5. The minimum atomic E-state index is -0.828. The lowest BCUT2D eigenvalue weighted by Gasteiger charge is -2.30. The van der Waals surface area contributed by atoms with E-state index < -0.39 is 11.9 Å². The third kappa shape index (κ3) is 6.50. The summed E-state index contributed by atoms with van der Waals surface area (Å²) in [5, 5.41) is 10.4. The minimum Gasteiger partial charge on any atom is -0.481 e. The van der Waals surface area contributed by atoms with Gasteiger partial charge in [0.2, 0.25) is 12.7 Å². The molecule has 0 radical (unpaired) electrons. The van der Waals surface area contributed by atoms with Crippen LogP contribution in [0.1, 0.15) is 56.2 Å². The van der Waals surface area contributed by atoms with Gasteiger partial charge in [-0.15, -0.1) is 0 Å². The summed E-state index contributed by atoms with van der Waals surface area (Å²) >= 11 is 0. The van der Waals surface area contributed by atoms with Crippen LogP contribution in [0.15, 0.2) is 36.5 Å². The number of nitrogens with zero attached hydrogens (tertiary/aromatic N) is 3. The standard InChI is InChI=1S/C29H42N4O5/c1-3-4-15-32(16-6-5-13-30)27(34)19-33-18-23(21-9-12-25-26(17-21)38-20-37-25)28(29(35)36)24(33)11-10-22-8-7-14-31(22)2/h7-9,12,14,17,23-24,28H,3-6,10-11,13,15-16,18-20,30H2,1-2H3,(H,35,36)/t23-,24+,28-/m1/s1. The Balaban J connectivity index is 1.58. The highest BCUT2D eigenvalue weighted by Gasteiger charge is 2.47. The molecule has 2 aliphatic heterocycles. The topological polar surface area (TPSA) is 110 Å². The second kappa shape index (κ2) is 13.2. The van der Waals surface area contributed by atoms with E-state index in [-0.39, 0.29) is 31.2 Å². The van der Waals surface area contributed by atoms with E-state index in [1.807, 2.05) is 42.4 Å². The summed E-state index contributed by atoms with van der Waals surface area (Å²) in [4.78, 5) is 30.4. The fourth-order valence-corrected chi connectivity index (χ4v) is 5.82. The van der Waals surface area contributed by atoms with Crippen molar-refractivity contribution in [1.29, 1.82) is 0 Å². The number of aromatic nitrogens is 1. The Morgan fingerprint density at radius 2 is 1.92 bits per heavy atom. The number of likely N-dealkylation sites (tertiary alicyclic amines) is 1. The highest BCUT2D eigenvalue weighted by Crippen LogP contribution is 2.43. The molecule has 0 unspecified atom stereocenters. The molecular weight excluding hydrogens is 484 g/mol. The smallest absolute Gasteiger partial charge is 0.308 e. The molecule has 3 atom stereocenters. The van der Waals surface area contributed by atoms with Crippen molar-refractivity contribution in [3.63, 3.8) is 0 Å². The summed E-state index contributed by atoms with van der Waals surface area (Å²) in [6.07, 6.45) is 7.12.